The largest absolute Gasteiger partial charge is 0.493 e. The number of para-hydroxylation sites is 1. The molecule has 0 saturated heterocycles. The van der Waals surface area contributed by atoms with E-state index in [9.17, 15) is 9.50 Å². The summed E-state index contributed by atoms with van der Waals surface area (Å²) >= 11 is 5.64. The molecule has 2 aromatic carbocycles. The van der Waals surface area contributed by atoms with Crippen LogP contribution in [-0.2, 0) is 6.42 Å². The van der Waals surface area contributed by atoms with E-state index in [1.807, 2.05) is 31.2 Å². The lowest BCUT2D eigenvalue weighted by Crippen LogP contribution is -2.05. The molecular weight excluding hydrogens is 279 g/mol. The minimum Gasteiger partial charge on any atom is -0.493 e. The van der Waals surface area contributed by atoms with Gasteiger partial charge in [-0.3, -0.25) is 0 Å². The lowest BCUT2D eigenvalue weighted by atomic mass is 10.0. The van der Waals surface area contributed by atoms with Gasteiger partial charge in [-0.05, 0) is 30.7 Å². The summed E-state index contributed by atoms with van der Waals surface area (Å²) in [7, 11) is 0. The van der Waals surface area contributed by atoms with Crippen molar-refractivity contribution < 1.29 is 14.2 Å². The Labute approximate surface area is 122 Å². The lowest BCUT2D eigenvalue weighted by molar-refractivity contribution is 0.172. The van der Waals surface area contributed by atoms with E-state index in [0.717, 1.165) is 0 Å². The summed E-state index contributed by atoms with van der Waals surface area (Å²) in [5.74, 6) is 0.173. The van der Waals surface area contributed by atoms with E-state index in [4.69, 9.17) is 16.3 Å². The highest BCUT2D eigenvalue weighted by Gasteiger charge is 2.14. The third kappa shape index (κ3) is 3.50. The Kier molecular flexibility index (Phi) is 4.99. The third-order valence-corrected chi connectivity index (χ3v) is 3.30. The lowest BCUT2D eigenvalue weighted by Gasteiger charge is -2.15. The van der Waals surface area contributed by atoms with Crippen molar-refractivity contribution in [1.82, 2.24) is 0 Å². The van der Waals surface area contributed by atoms with Crippen LogP contribution < -0.4 is 4.74 Å². The highest BCUT2D eigenvalue weighted by Crippen LogP contribution is 2.28. The molecule has 2 nitrogen and oxygen atoms in total. The quantitative estimate of drug-likeness (QED) is 0.897. The van der Waals surface area contributed by atoms with E-state index < -0.39 is 11.9 Å². The Morgan fingerprint density at radius 2 is 2.00 bits per heavy atom. The second-order valence-corrected chi connectivity index (χ2v) is 4.85. The second-order valence-electron chi connectivity index (χ2n) is 4.44. The minimum absolute atomic E-state index is 0.0814. The molecule has 0 amide bonds. The van der Waals surface area contributed by atoms with E-state index >= 15 is 0 Å². The normalized spacial score (nSPS) is 12.2. The van der Waals surface area contributed by atoms with Crippen LogP contribution in [0.1, 0.15) is 24.2 Å². The zero-order chi connectivity index (χ0) is 14.5. The number of aliphatic hydroxyl groups is 1. The predicted molar refractivity (Wildman–Crippen MR) is 77.7 cm³/mol. The fraction of sp³-hybridized carbons (Fsp3) is 0.250. The standard InChI is InChI=1S/C16H16ClFO2/c1-2-20-16-6-4-3-5-12(16)15(19)10-11-7-8-13(17)14(18)9-11/h3-9,15,19H,2,10H2,1H3. The number of benzene rings is 2. The number of hydrogen-bond acceptors (Lipinski definition) is 2. The van der Waals surface area contributed by atoms with E-state index in [2.05, 4.69) is 0 Å². The molecule has 0 spiro atoms. The summed E-state index contributed by atoms with van der Waals surface area (Å²) in [4.78, 5) is 0. The fourth-order valence-corrected chi connectivity index (χ4v) is 2.16. The summed E-state index contributed by atoms with van der Waals surface area (Å²) in [6.45, 7) is 2.41. The molecular formula is C16H16ClFO2. The first kappa shape index (κ1) is 14.8. The van der Waals surface area contributed by atoms with Crippen LogP contribution in [-0.4, -0.2) is 11.7 Å². The van der Waals surface area contributed by atoms with Crippen LogP contribution in [0.25, 0.3) is 0 Å². The summed E-state index contributed by atoms with van der Waals surface area (Å²) in [6, 6.07) is 11.8. The van der Waals surface area contributed by atoms with Gasteiger partial charge in [-0.1, -0.05) is 35.9 Å². The highest BCUT2D eigenvalue weighted by molar-refractivity contribution is 6.30. The van der Waals surface area contributed by atoms with Crippen LogP contribution in [0.5, 0.6) is 5.75 Å². The summed E-state index contributed by atoms with van der Waals surface area (Å²) in [5.41, 5.74) is 1.38. The first-order valence-electron chi connectivity index (χ1n) is 6.45. The smallest absolute Gasteiger partial charge is 0.142 e. The van der Waals surface area contributed by atoms with Crippen LogP contribution in [0.2, 0.25) is 5.02 Å². The Bertz CT molecular complexity index is 586. The van der Waals surface area contributed by atoms with E-state index in [0.29, 0.717) is 29.9 Å². The first-order chi connectivity index (χ1) is 9.61. The van der Waals surface area contributed by atoms with Crippen molar-refractivity contribution in [2.75, 3.05) is 6.61 Å². The van der Waals surface area contributed by atoms with Gasteiger partial charge in [0.25, 0.3) is 0 Å². The predicted octanol–water partition coefficient (Wildman–Crippen LogP) is 4.15. The number of rotatable bonds is 5. The zero-order valence-corrected chi connectivity index (χ0v) is 11.9. The Morgan fingerprint density at radius 3 is 2.70 bits per heavy atom. The van der Waals surface area contributed by atoms with E-state index in [1.54, 1.807) is 6.07 Å². The SMILES string of the molecule is CCOc1ccccc1C(O)Cc1ccc(Cl)c(F)c1. The average Bonchev–Trinajstić information content (AvgIpc) is 2.44. The molecule has 2 aromatic rings. The van der Waals surface area contributed by atoms with Crippen molar-refractivity contribution in [3.05, 3.63) is 64.4 Å². The van der Waals surface area contributed by atoms with Gasteiger partial charge in [0.05, 0.1) is 17.7 Å². The molecule has 1 unspecified atom stereocenters. The first-order valence-corrected chi connectivity index (χ1v) is 6.83. The average molecular weight is 295 g/mol. The topological polar surface area (TPSA) is 29.5 Å². The maximum atomic E-state index is 13.4. The number of hydrogen-bond donors (Lipinski definition) is 1. The number of halogens is 2. The maximum absolute atomic E-state index is 13.4. The van der Waals surface area contributed by atoms with Gasteiger partial charge in [-0.2, -0.15) is 0 Å². The Hall–Kier alpha value is -1.58. The molecule has 20 heavy (non-hydrogen) atoms. The molecule has 1 N–H and O–H groups in total. The molecule has 0 aliphatic rings. The number of aliphatic hydroxyl groups excluding tert-OH is 1. The molecule has 0 aromatic heterocycles. The van der Waals surface area contributed by atoms with Gasteiger partial charge in [0.1, 0.15) is 11.6 Å². The summed E-state index contributed by atoms with van der Waals surface area (Å²) in [6.07, 6.45) is -0.448. The van der Waals surface area contributed by atoms with E-state index in [1.165, 1.54) is 12.1 Å². The van der Waals surface area contributed by atoms with Gasteiger partial charge in [-0.25, -0.2) is 4.39 Å². The highest BCUT2D eigenvalue weighted by atomic mass is 35.5. The van der Waals surface area contributed by atoms with Gasteiger partial charge in [0.15, 0.2) is 0 Å². The van der Waals surface area contributed by atoms with Crippen LogP contribution in [0, 0.1) is 5.82 Å². The van der Waals surface area contributed by atoms with Crippen LogP contribution in [0.15, 0.2) is 42.5 Å². The monoisotopic (exact) mass is 294 g/mol. The third-order valence-electron chi connectivity index (χ3n) is 2.99. The zero-order valence-electron chi connectivity index (χ0n) is 11.1. The second kappa shape index (κ2) is 6.73. The van der Waals surface area contributed by atoms with Crippen molar-refractivity contribution in [1.29, 1.82) is 0 Å². The molecule has 0 aliphatic heterocycles. The van der Waals surface area contributed by atoms with Crippen molar-refractivity contribution in [3.8, 4) is 5.75 Å². The molecule has 0 aliphatic carbocycles. The molecule has 4 heteroatoms. The van der Waals surface area contributed by atoms with Crippen LogP contribution >= 0.6 is 11.6 Å². The molecule has 0 bridgehead atoms. The molecule has 0 heterocycles. The summed E-state index contributed by atoms with van der Waals surface area (Å²) < 4.78 is 18.9. The van der Waals surface area contributed by atoms with Gasteiger partial charge in [0.2, 0.25) is 0 Å². The Morgan fingerprint density at radius 1 is 1.25 bits per heavy atom. The van der Waals surface area contributed by atoms with Crippen LogP contribution in [0.3, 0.4) is 0 Å². The Balaban J connectivity index is 2.19. The molecule has 0 fully saturated rings. The van der Waals surface area contributed by atoms with Crippen molar-refractivity contribution in [2.24, 2.45) is 0 Å². The molecule has 106 valence electrons. The summed E-state index contributed by atoms with van der Waals surface area (Å²) in [5, 5.41) is 10.4. The van der Waals surface area contributed by atoms with E-state index in [-0.39, 0.29) is 5.02 Å². The van der Waals surface area contributed by atoms with Crippen LogP contribution in [0.4, 0.5) is 4.39 Å². The molecule has 0 radical (unpaired) electrons. The van der Waals surface area contributed by atoms with Crippen molar-refractivity contribution >= 4 is 11.6 Å². The van der Waals surface area contributed by atoms with Crippen molar-refractivity contribution in [3.63, 3.8) is 0 Å². The van der Waals surface area contributed by atoms with Gasteiger partial charge in [-0.15, -0.1) is 0 Å². The molecule has 1 atom stereocenters. The number of ether oxygens (including phenoxy) is 1. The van der Waals surface area contributed by atoms with Gasteiger partial charge in [0, 0.05) is 12.0 Å². The maximum Gasteiger partial charge on any atom is 0.142 e. The molecule has 0 saturated carbocycles. The van der Waals surface area contributed by atoms with Crippen molar-refractivity contribution in [2.45, 2.75) is 19.4 Å². The molecule has 2 rings (SSSR count). The minimum atomic E-state index is -0.752. The van der Waals surface area contributed by atoms with Gasteiger partial charge < -0.3 is 9.84 Å². The van der Waals surface area contributed by atoms with Gasteiger partial charge >= 0.3 is 0 Å². The fourth-order valence-electron chi connectivity index (χ4n) is 2.04.